The lowest BCUT2D eigenvalue weighted by atomic mass is 10.1. The van der Waals surface area contributed by atoms with E-state index in [1.165, 1.54) is 28.7 Å². The van der Waals surface area contributed by atoms with E-state index in [9.17, 15) is 4.79 Å². The summed E-state index contributed by atoms with van der Waals surface area (Å²) in [7, 11) is 0. The molecule has 1 amide bonds. The Balaban J connectivity index is 1.82. The molecule has 2 N–H and O–H groups in total. The molecule has 1 heterocycles. The third kappa shape index (κ3) is 5.84. The van der Waals surface area contributed by atoms with Crippen LogP contribution < -0.4 is 10.6 Å². The van der Waals surface area contributed by atoms with Gasteiger partial charge in [-0.2, -0.15) is 0 Å². The first kappa shape index (κ1) is 17.7. The Bertz CT molecular complexity index is 640. The predicted octanol–water partition coefficient (Wildman–Crippen LogP) is 3.84. The molecule has 1 atom stereocenters. The summed E-state index contributed by atoms with van der Waals surface area (Å²) in [5.41, 5.74) is 2.19. The fourth-order valence-electron chi connectivity index (χ4n) is 1.67. The van der Waals surface area contributed by atoms with Crippen molar-refractivity contribution in [2.45, 2.75) is 38.1 Å². The second-order valence-electron chi connectivity index (χ2n) is 5.75. The Morgan fingerprint density at radius 1 is 1.22 bits per heavy atom. The lowest BCUT2D eigenvalue weighted by molar-refractivity contribution is -0.119. The van der Waals surface area contributed by atoms with Crippen molar-refractivity contribution in [3.8, 4) is 0 Å². The molecule has 0 saturated carbocycles. The number of nitrogens with one attached hydrogen (secondary N) is 2. The molecule has 1 aromatic carbocycles. The first-order valence-corrected chi connectivity index (χ1v) is 9.33. The largest absolute Gasteiger partial charge is 0.353 e. The van der Waals surface area contributed by atoms with E-state index >= 15 is 0 Å². The minimum atomic E-state index is 0.0273. The van der Waals surface area contributed by atoms with Crippen molar-refractivity contribution in [3.05, 3.63) is 29.8 Å². The van der Waals surface area contributed by atoms with E-state index in [0.717, 1.165) is 15.2 Å². The van der Waals surface area contributed by atoms with Crippen molar-refractivity contribution in [3.63, 3.8) is 0 Å². The Labute approximate surface area is 145 Å². The maximum Gasteiger partial charge on any atom is 0.230 e. The van der Waals surface area contributed by atoms with Crippen molar-refractivity contribution in [2.75, 3.05) is 11.1 Å². The van der Waals surface area contributed by atoms with Gasteiger partial charge in [0.05, 0.1) is 5.75 Å². The SMILES string of the molecule is Cc1ccc(Nc2nnc(SCC(=O)N[C@H](C)C(C)C)s2)cc1. The van der Waals surface area contributed by atoms with Crippen LogP contribution in [0.4, 0.5) is 10.8 Å². The highest BCUT2D eigenvalue weighted by Gasteiger charge is 2.12. The number of carbonyl (C=O) groups excluding carboxylic acids is 1. The van der Waals surface area contributed by atoms with E-state index < -0.39 is 0 Å². The summed E-state index contributed by atoms with van der Waals surface area (Å²) >= 11 is 2.86. The van der Waals surface area contributed by atoms with Gasteiger partial charge in [-0.05, 0) is 31.9 Å². The molecule has 0 fully saturated rings. The first-order valence-electron chi connectivity index (χ1n) is 7.53. The summed E-state index contributed by atoms with van der Waals surface area (Å²) in [5, 5.41) is 15.1. The van der Waals surface area contributed by atoms with E-state index in [4.69, 9.17) is 0 Å². The van der Waals surface area contributed by atoms with Crippen LogP contribution in [0.5, 0.6) is 0 Å². The van der Waals surface area contributed by atoms with Crippen LogP contribution in [-0.4, -0.2) is 27.9 Å². The van der Waals surface area contributed by atoms with Gasteiger partial charge >= 0.3 is 0 Å². The fraction of sp³-hybridized carbons (Fsp3) is 0.438. The van der Waals surface area contributed by atoms with E-state index in [0.29, 0.717) is 11.7 Å². The molecule has 2 aromatic rings. The number of thioether (sulfide) groups is 1. The minimum absolute atomic E-state index is 0.0273. The summed E-state index contributed by atoms with van der Waals surface area (Å²) in [6, 6.07) is 8.27. The summed E-state index contributed by atoms with van der Waals surface area (Å²) < 4.78 is 0.784. The average Bonchev–Trinajstić information content (AvgIpc) is 2.95. The first-order chi connectivity index (χ1) is 10.9. The number of rotatable bonds is 7. The fourth-order valence-corrected chi connectivity index (χ4v) is 3.25. The molecule has 0 aliphatic rings. The van der Waals surface area contributed by atoms with Gasteiger partial charge in [0.15, 0.2) is 4.34 Å². The number of hydrogen-bond donors (Lipinski definition) is 2. The van der Waals surface area contributed by atoms with Gasteiger partial charge in [-0.3, -0.25) is 4.79 Å². The van der Waals surface area contributed by atoms with Crippen LogP contribution >= 0.6 is 23.1 Å². The van der Waals surface area contributed by atoms with Gasteiger partial charge in [-0.1, -0.05) is 54.6 Å². The Hall–Kier alpha value is -1.60. The molecule has 2 rings (SSSR count). The van der Waals surface area contributed by atoms with Crippen molar-refractivity contribution in [2.24, 2.45) is 5.92 Å². The topological polar surface area (TPSA) is 66.9 Å². The van der Waals surface area contributed by atoms with Crippen molar-refractivity contribution in [1.82, 2.24) is 15.5 Å². The Morgan fingerprint density at radius 2 is 1.91 bits per heavy atom. The number of nitrogens with zero attached hydrogens (tertiary/aromatic N) is 2. The summed E-state index contributed by atoms with van der Waals surface area (Å²) in [6.07, 6.45) is 0. The van der Waals surface area contributed by atoms with Crippen LogP contribution in [0.1, 0.15) is 26.3 Å². The molecule has 5 nitrogen and oxygen atoms in total. The normalized spacial score (nSPS) is 12.2. The quantitative estimate of drug-likeness (QED) is 0.743. The molecule has 0 saturated heterocycles. The Kier molecular flexibility index (Phi) is 6.41. The summed E-state index contributed by atoms with van der Waals surface area (Å²) in [6.45, 7) is 8.24. The maximum atomic E-state index is 11.9. The van der Waals surface area contributed by atoms with E-state index in [1.807, 2.05) is 31.2 Å². The molecule has 23 heavy (non-hydrogen) atoms. The van der Waals surface area contributed by atoms with E-state index in [1.54, 1.807) is 0 Å². The van der Waals surface area contributed by atoms with Crippen LogP contribution in [0.25, 0.3) is 0 Å². The molecule has 7 heteroatoms. The van der Waals surface area contributed by atoms with Gasteiger partial charge in [0.25, 0.3) is 0 Å². The molecule has 0 bridgehead atoms. The van der Waals surface area contributed by atoms with Crippen molar-refractivity contribution < 1.29 is 4.79 Å². The molecular formula is C16H22N4OS2. The average molecular weight is 351 g/mol. The number of aromatic nitrogens is 2. The zero-order chi connectivity index (χ0) is 16.8. The predicted molar refractivity (Wildman–Crippen MR) is 97.5 cm³/mol. The van der Waals surface area contributed by atoms with Gasteiger partial charge in [0.1, 0.15) is 0 Å². The molecule has 0 radical (unpaired) electrons. The van der Waals surface area contributed by atoms with Crippen LogP contribution in [0.3, 0.4) is 0 Å². The zero-order valence-corrected chi connectivity index (χ0v) is 15.4. The lowest BCUT2D eigenvalue weighted by Crippen LogP contribution is -2.37. The van der Waals surface area contributed by atoms with Crippen LogP contribution in [0, 0.1) is 12.8 Å². The molecule has 0 aliphatic carbocycles. The zero-order valence-electron chi connectivity index (χ0n) is 13.8. The molecule has 0 spiro atoms. The van der Waals surface area contributed by atoms with Gasteiger partial charge < -0.3 is 10.6 Å². The van der Waals surface area contributed by atoms with Gasteiger partial charge in [0.2, 0.25) is 11.0 Å². The molecule has 1 aromatic heterocycles. The number of hydrogen-bond acceptors (Lipinski definition) is 6. The third-order valence-corrected chi connectivity index (χ3v) is 5.40. The summed E-state index contributed by atoms with van der Waals surface area (Å²) in [5.74, 6) is 0.811. The number of amides is 1. The number of benzene rings is 1. The van der Waals surface area contributed by atoms with Crippen LogP contribution in [-0.2, 0) is 4.79 Å². The van der Waals surface area contributed by atoms with Crippen molar-refractivity contribution >= 4 is 39.8 Å². The monoisotopic (exact) mass is 350 g/mol. The highest BCUT2D eigenvalue weighted by molar-refractivity contribution is 8.01. The second-order valence-corrected chi connectivity index (χ2v) is 7.95. The van der Waals surface area contributed by atoms with Crippen LogP contribution in [0.2, 0.25) is 0 Å². The second kappa shape index (κ2) is 8.31. The van der Waals surface area contributed by atoms with Crippen LogP contribution in [0.15, 0.2) is 28.6 Å². The van der Waals surface area contributed by atoms with Crippen molar-refractivity contribution in [1.29, 1.82) is 0 Å². The highest BCUT2D eigenvalue weighted by Crippen LogP contribution is 2.27. The molecule has 0 aliphatic heterocycles. The molecule has 0 unspecified atom stereocenters. The van der Waals surface area contributed by atoms with Gasteiger partial charge in [-0.15, -0.1) is 10.2 Å². The minimum Gasteiger partial charge on any atom is -0.353 e. The number of anilines is 2. The highest BCUT2D eigenvalue weighted by atomic mass is 32.2. The van der Waals surface area contributed by atoms with E-state index in [-0.39, 0.29) is 11.9 Å². The smallest absolute Gasteiger partial charge is 0.230 e. The summed E-state index contributed by atoms with van der Waals surface area (Å²) in [4.78, 5) is 11.9. The Morgan fingerprint density at radius 3 is 2.57 bits per heavy atom. The number of carbonyl (C=O) groups is 1. The maximum absolute atomic E-state index is 11.9. The molecular weight excluding hydrogens is 328 g/mol. The van der Waals surface area contributed by atoms with Gasteiger partial charge in [-0.25, -0.2) is 0 Å². The van der Waals surface area contributed by atoms with E-state index in [2.05, 4.69) is 41.6 Å². The molecule has 124 valence electrons. The van der Waals surface area contributed by atoms with Gasteiger partial charge in [0, 0.05) is 11.7 Å². The third-order valence-electron chi connectivity index (χ3n) is 3.42. The lowest BCUT2D eigenvalue weighted by Gasteiger charge is -2.16. The standard InChI is InChI=1S/C16H22N4OS2/c1-10(2)12(4)17-14(21)9-22-16-20-19-15(23-16)18-13-7-5-11(3)6-8-13/h5-8,10,12H,9H2,1-4H3,(H,17,21)(H,18,19)/t12-/m1/s1. The number of aryl methyl sites for hydroxylation is 1.